The summed E-state index contributed by atoms with van der Waals surface area (Å²) in [4.78, 5) is 16.8. The highest BCUT2D eigenvalue weighted by atomic mass is 32.1. The van der Waals surface area contributed by atoms with Crippen LogP contribution < -0.4 is 20.1 Å². The molecule has 3 rings (SSSR count). The molecule has 8 heteroatoms. The van der Waals surface area contributed by atoms with Gasteiger partial charge in [-0.05, 0) is 41.6 Å². The van der Waals surface area contributed by atoms with Crippen molar-refractivity contribution in [2.45, 2.75) is 6.42 Å². The van der Waals surface area contributed by atoms with E-state index in [1.165, 1.54) is 20.3 Å². The third kappa shape index (κ3) is 5.51. The molecule has 1 amide bonds. The van der Waals surface area contributed by atoms with E-state index in [4.69, 9.17) is 9.47 Å². The molecule has 0 unspecified atom stereocenters. The molecular formula is C22H23N3O4S. The summed E-state index contributed by atoms with van der Waals surface area (Å²) in [5, 5.41) is 19.0. The molecular weight excluding hydrogens is 402 g/mol. The maximum atomic E-state index is 12.5. The molecule has 0 radical (unpaired) electrons. The second-order valence-corrected chi connectivity index (χ2v) is 7.21. The van der Waals surface area contributed by atoms with Gasteiger partial charge in [0.15, 0.2) is 0 Å². The lowest BCUT2D eigenvalue weighted by Gasteiger charge is -2.13. The largest absolute Gasteiger partial charge is 0.507 e. The van der Waals surface area contributed by atoms with Gasteiger partial charge in [-0.25, -0.2) is 4.99 Å². The summed E-state index contributed by atoms with van der Waals surface area (Å²) in [6, 6.07) is 14.7. The highest BCUT2D eigenvalue weighted by molar-refractivity contribution is 7.13. The Morgan fingerprint density at radius 3 is 2.63 bits per heavy atom. The molecule has 3 aromatic rings. The quantitative estimate of drug-likeness (QED) is 0.353. The van der Waals surface area contributed by atoms with Crippen molar-refractivity contribution in [2.75, 3.05) is 26.1 Å². The van der Waals surface area contributed by atoms with Gasteiger partial charge in [0.1, 0.15) is 27.8 Å². The van der Waals surface area contributed by atoms with Gasteiger partial charge < -0.3 is 25.2 Å². The number of nitrogens with zero attached hydrogens (tertiary/aromatic N) is 1. The first-order chi connectivity index (χ1) is 14.6. The van der Waals surface area contributed by atoms with E-state index in [2.05, 4.69) is 15.6 Å². The van der Waals surface area contributed by atoms with Gasteiger partial charge in [-0.1, -0.05) is 12.1 Å². The van der Waals surface area contributed by atoms with E-state index >= 15 is 0 Å². The lowest BCUT2D eigenvalue weighted by molar-refractivity contribution is 0.0948. The average Bonchev–Trinajstić information content (AvgIpc) is 3.27. The summed E-state index contributed by atoms with van der Waals surface area (Å²) in [6.45, 7) is 0.417. The number of ether oxygens (including phenoxy) is 2. The number of aromatic hydroxyl groups is 1. The zero-order valence-electron chi connectivity index (χ0n) is 16.7. The molecule has 1 heterocycles. The number of hydrogen-bond donors (Lipinski definition) is 3. The number of benzene rings is 2. The van der Waals surface area contributed by atoms with Crippen LogP contribution in [0.25, 0.3) is 0 Å². The Labute approximate surface area is 179 Å². The van der Waals surface area contributed by atoms with E-state index in [9.17, 15) is 9.90 Å². The fourth-order valence-corrected chi connectivity index (χ4v) is 3.34. The van der Waals surface area contributed by atoms with Crippen LogP contribution in [0.3, 0.4) is 0 Å². The van der Waals surface area contributed by atoms with Crippen LogP contribution in [0.5, 0.6) is 17.2 Å². The zero-order chi connectivity index (χ0) is 21.3. The molecule has 1 aromatic heterocycles. The van der Waals surface area contributed by atoms with Crippen LogP contribution in [0, 0.1) is 0 Å². The Balaban J connectivity index is 1.52. The maximum absolute atomic E-state index is 12.5. The van der Waals surface area contributed by atoms with Gasteiger partial charge in [-0.3, -0.25) is 4.79 Å². The number of carbonyl (C=O) groups is 1. The standard InChI is InChI=1S/C22H23N3O4S/c1-28-17-12-18(26)21(19(13-17)29-2)22(27)23-10-9-15-5-7-16(8-6-15)24-14-25-20-4-3-11-30-20/h3-8,11-14,26H,9-10H2,1-2H3,(H,23,27)(H,24,25). The maximum Gasteiger partial charge on any atom is 0.258 e. The third-order valence-electron chi connectivity index (χ3n) is 4.32. The Morgan fingerprint density at radius 1 is 1.17 bits per heavy atom. The van der Waals surface area contributed by atoms with Crippen LogP contribution in [0.4, 0.5) is 10.7 Å². The van der Waals surface area contributed by atoms with Gasteiger partial charge >= 0.3 is 0 Å². The van der Waals surface area contributed by atoms with Crippen LogP contribution in [0.1, 0.15) is 15.9 Å². The lowest BCUT2D eigenvalue weighted by atomic mass is 10.1. The molecule has 156 valence electrons. The highest BCUT2D eigenvalue weighted by Crippen LogP contribution is 2.33. The van der Waals surface area contributed by atoms with E-state index in [0.717, 1.165) is 16.3 Å². The normalized spacial score (nSPS) is 10.7. The Kier molecular flexibility index (Phi) is 7.29. The first-order valence-corrected chi connectivity index (χ1v) is 10.1. The number of thiophene rings is 1. The van der Waals surface area contributed by atoms with Crippen LogP contribution in [0.15, 0.2) is 58.9 Å². The highest BCUT2D eigenvalue weighted by Gasteiger charge is 2.18. The average molecular weight is 426 g/mol. The van der Waals surface area contributed by atoms with Gasteiger partial charge in [0.2, 0.25) is 0 Å². The minimum absolute atomic E-state index is 0.0860. The summed E-state index contributed by atoms with van der Waals surface area (Å²) >= 11 is 1.57. The SMILES string of the molecule is COc1cc(O)c(C(=O)NCCc2ccc(N/C=N/c3cccs3)cc2)c(OC)c1. The number of phenols is 1. The Hall–Kier alpha value is -3.52. The van der Waals surface area contributed by atoms with Gasteiger partial charge in [0.05, 0.1) is 20.6 Å². The van der Waals surface area contributed by atoms with Crippen molar-refractivity contribution in [2.24, 2.45) is 4.99 Å². The zero-order valence-corrected chi connectivity index (χ0v) is 17.5. The molecule has 7 nitrogen and oxygen atoms in total. The molecule has 0 atom stereocenters. The molecule has 0 aliphatic rings. The van der Waals surface area contributed by atoms with E-state index in [1.54, 1.807) is 23.7 Å². The van der Waals surface area contributed by atoms with Crippen LogP contribution in [-0.2, 0) is 6.42 Å². The summed E-state index contributed by atoms with van der Waals surface area (Å²) in [6.07, 6.45) is 2.31. The van der Waals surface area contributed by atoms with Gasteiger partial charge in [0.25, 0.3) is 5.91 Å². The smallest absolute Gasteiger partial charge is 0.258 e. The third-order valence-corrected chi connectivity index (χ3v) is 5.10. The molecule has 2 aromatic carbocycles. The van der Waals surface area contributed by atoms with E-state index in [-0.39, 0.29) is 17.1 Å². The van der Waals surface area contributed by atoms with Crippen molar-refractivity contribution >= 4 is 34.3 Å². The van der Waals surface area contributed by atoms with Crippen LogP contribution in [-0.4, -0.2) is 38.1 Å². The van der Waals surface area contributed by atoms with Crippen LogP contribution in [0.2, 0.25) is 0 Å². The number of anilines is 1. The van der Waals surface area contributed by atoms with Gasteiger partial charge in [-0.2, -0.15) is 0 Å². The monoisotopic (exact) mass is 425 g/mol. The fraction of sp³-hybridized carbons (Fsp3) is 0.182. The number of methoxy groups -OCH3 is 2. The minimum atomic E-state index is -0.407. The van der Waals surface area contributed by atoms with Crippen LogP contribution >= 0.6 is 11.3 Å². The summed E-state index contributed by atoms with van der Waals surface area (Å²) in [7, 11) is 2.91. The summed E-state index contributed by atoms with van der Waals surface area (Å²) in [5.41, 5.74) is 2.08. The van der Waals surface area contributed by atoms with Gasteiger partial charge in [-0.15, -0.1) is 11.3 Å². The molecule has 3 N–H and O–H groups in total. The fourth-order valence-electron chi connectivity index (χ4n) is 2.77. The molecule has 30 heavy (non-hydrogen) atoms. The summed E-state index contributed by atoms with van der Waals surface area (Å²) in [5.74, 6) is 0.0671. The molecule has 0 saturated heterocycles. The number of nitrogens with one attached hydrogen (secondary N) is 2. The first-order valence-electron chi connectivity index (χ1n) is 9.25. The van der Waals surface area contributed by atoms with Crippen molar-refractivity contribution in [3.63, 3.8) is 0 Å². The predicted octanol–water partition coefficient (Wildman–Crippen LogP) is 4.22. The summed E-state index contributed by atoms with van der Waals surface area (Å²) < 4.78 is 10.3. The number of amides is 1. The number of rotatable bonds is 9. The molecule has 0 aliphatic heterocycles. The van der Waals surface area contributed by atoms with Crippen molar-refractivity contribution in [3.8, 4) is 17.2 Å². The molecule has 0 aliphatic carbocycles. The number of carbonyl (C=O) groups excluding carboxylic acids is 1. The lowest BCUT2D eigenvalue weighted by Crippen LogP contribution is -2.26. The molecule has 0 bridgehead atoms. The molecule has 0 saturated carbocycles. The first kappa shape index (κ1) is 21.2. The van der Waals surface area contributed by atoms with E-state index in [1.807, 2.05) is 41.8 Å². The van der Waals surface area contributed by atoms with Crippen molar-refractivity contribution in [1.29, 1.82) is 0 Å². The van der Waals surface area contributed by atoms with E-state index < -0.39 is 5.91 Å². The number of hydrogen-bond acceptors (Lipinski definition) is 6. The van der Waals surface area contributed by atoms with Crippen molar-refractivity contribution < 1.29 is 19.4 Å². The minimum Gasteiger partial charge on any atom is -0.507 e. The van der Waals surface area contributed by atoms with E-state index in [0.29, 0.717) is 18.7 Å². The van der Waals surface area contributed by atoms with Crippen molar-refractivity contribution in [3.05, 3.63) is 65.0 Å². The predicted molar refractivity (Wildman–Crippen MR) is 120 cm³/mol. The van der Waals surface area contributed by atoms with Crippen molar-refractivity contribution in [1.82, 2.24) is 5.32 Å². The molecule has 0 fully saturated rings. The molecule has 0 spiro atoms. The van der Waals surface area contributed by atoms with Gasteiger partial charge in [0, 0.05) is 24.4 Å². The number of aliphatic imine (C=N–C) groups is 1. The second kappa shape index (κ2) is 10.3. The number of phenolic OH excluding ortho intramolecular Hbond substituents is 1. The Bertz CT molecular complexity index is 1000. The topological polar surface area (TPSA) is 92.2 Å². The Morgan fingerprint density at radius 2 is 1.97 bits per heavy atom. The second-order valence-electron chi connectivity index (χ2n) is 6.28.